The summed E-state index contributed by atoms with van der Waals surface area (Å²) in [6, 6.07) is 8.10. The highest BCUT2D eigenvalue weighted by Crippen LogP contribution is 2.24. The number of carbonyl (C=O) groups excluding carboxylic acids is 1. The van der Waals surface area contributed by atoms with E-state index in [2.05, 4.69) is 10.6 Å². The average molecular weight is 296 g/mol. The molecule has 0 aromatic heterocycles. The highest BCUT2D eigenvalue weighted by Gasteiger charge is 2.26. The molecule has 5 heteroatoms. The number of amides is 2. The van der Waals surface area contributed by atoms with Gasteiger partial charge in [0.25, 0.3) is 0 Å². The van der Waals surface area contributed by atoms with Crippen LogP contribution in [0.5, 0.6) is 0 Å². The summed E-state index contributed by atoms with van der Waals surface area (Å²) in [6.07, 6.45) is 4.31. The van der Waals surface area contributed by atoms with Gasteiger partial charge in [-0.1, -0.05) is 23.7 Å². The molecular formula is C15H22ClN3O. The lowest BCUT2D eigenvalue weighted by Gasteiger charge is -2.34. The summed E-state index contributed by atoms with van der Waals surface area (Å²) in [6.45, 7) is 0. The molecule has 1 aliphatic carbocycles. The van der Waals surface area contributed by atoms with Crippen LogP contribution in [-0.2, 0) is 0 Å². The predicted molar refractivity (Wildman–Crippen MR) is 83.3 cm³/mol. The van der Waals surface area contributed by atoms with Crippen molar-refractivity contribution in [1.29, 1.82) is 0 Å². The van der Waals surface area contributed by atoms with E-state index in [9.17, 15) is 4.79 Å². The smallest absolute Gasteiger partial charge is 0.321 e. The van der Waals surface area contributed by atoms with E-state index in [1.54, 1.807) is 11.0 Å². The van der Waals surface area contributed by atoms with Crippen LogP contribution in [0.15, 0.2) is 24.3 Å². The van der Waals surface area contributed by atoms with Crippen molar-refractivity contribution in [2.45, 2.75) is 37.8 Å². The number of nitrogens with one attached hydrogen (secondary N) is 2. The number of rotatable bonds is 3. The number of carbonyl (C=O) groups is 1. The Morgan fingerprint density at radius 3 is 2.50 bits per heavy atom. The van der Waals surface area contributed by atoms with Crippen LogP contribution in [0.1, 0.15) is 25.7 Å². The molecule has 0 aliphatic heterocycles. The molecule has 0 bridgehead atoms. The molecule has 0 saturated heterocycles. The Morgan fingerprint density at radius 2 is 1.90 bits per heavy atom. The van der Waals surface area contributed by atoms with Crippen molar-refractivity contribution in [3.8, 4) is 0 Å². The van der Waals surface area contributed by atoms with Gasteiger partial charge in [-0.15, -0.1) is 0 Å². The fourth-order valence-corrected chi connectivity index (χ4v) is 2.87. The molecule has 1 aromatic rings. The topological polar surface area (TPSA) is 44.4 Å². The monoisotopic (exact) mass is 295 g/mol. The van der Waals surface area contributed by atoms with Crippen LogP contribution < -0.4 is 10.6 Å². The Bertz CT molecular complexity index is 458. The molecule has 1 aromatic carbocycles. The van der Waals surface area contributed by atoms with Crippen molar-refractivity contribution >= 4 is 23.3 Å². The Labute approximate surface area is 125 Å². The number of hydrogen-bond donors (Lipinski definition) is 2. The first-order valence-corrected chi connectivity index (χ1v) is 7.45. The Morgan fingerprint density at radius 1 is 1.25 bits per heavy atom. The minimum Gasteiger partial charge on any atom is -0.325 e. The van der Waals surface area contributed by atoms with Gasteiger partial charge in [-0.3, -0.25) is 0 Å². The third-order valence-corrected chi connectivity index (χ3v) is 4.42. The van der Waals surface area contributed by atoms with Gasteiger partial charge < -0.3 is 15.5 Å². The quantitative estimate of drug-likeness (QED) is 0.898. The molecule has 2 rings (SSSR count). The van der Waals surface area contributed by atoms with Crippen molar-refractivity contribution in [2.75, 3.05) is 19.4 Å². The second-order valence-corrected chi connectivity index (χ2v) is 5.72. The lowest BCUT2D eigenvalue weighted by molar-refractivity contribution is 0.178. The second-order valence-electron chi connectivity index (χ2n) is 5.32. The second kappa shape index (κ2) is 6.95. The maximum atomic E-state index is 12.3. The van der Waals surface area contributed by atoms with Crippen LogP contribution in [0.4, 0.5) is 10.5 Å². The maximum Gasteiger partial charge on any atom is 0.321 e. The summed E-state index contributed by atoms with van der Waals surface area (Å²) in [5.41, 5.74) is 0.662. The Balaban J connectivity index is 1.91. The van der Waals surface area contributed by atoms with Gasteiger partial charge in [0.05, 0.1) is 10.7 Å². The molecule has 0 unspecified atom stereocenters. The number of urea groups is 1. The molecule has 0 atom stereocenters. The zero-order valence-corrected chi connectivity index (χ0v) is 12.8. The normalized spacial score (nSPS) is 22.4. The van der Waals surface area contributed by atoms with Gasteiger partial charge in [-0.2, -0.15) is 0 Å². The van der Waals surface area contributed by atoms with Gasteiger partial charge in [0.1, 0.15) is 0 Å². The third kappa shape index (κ3) is 3.64. The first-order chi connectivity index (χ1) is 9.61. The summed E-state index contributed by atoms with van der Waals surface area (Å²) in [4.78, 5) is 14.1. The number of anilines is 1. The highest BCUT2D eigenvalue weighted by atomic mass is 35.5. The summed E-state index contributed by atoms with van der Waals surface area (Å²) in [7, 11) is 3.86. The standard InChI is InChI=1S/C15H22ClN3O/c1-17-11-7-9-12(10-8-11)19(2)15(20)18-14-6-4-3-5-13(14)16/h3-6,11-12,17H,7-10H2,1-2H3,(H,18,20). The molecule has 0 spiro atoms. The first kappa shape index (κ1) is 15.1. The largest absolute Gasteiger partial charge is 0.325 e. The molecular weight excluding hydrogens is 274 g/mol. The molecule has 1 aliphatic rings. The number of halogens is 1. The van der Waals surface area contributed by atoms with Crippen LogP contribution in [0.25, 0.3) is 0 Å². The fraction of sp³-hybridized carbons (Fsp3) is 0.533. The molecule has 2 amide bonds. The first-order valence-electron chi connectivity index (χ1n) is 7.07. The van der Waals surface area contributed by atoms with E-state index in [1.807, 2.05) is 32.3 Å². The maximum absolute atomic E-state index is 12.3. The van der Waals surface area contributed by atoms with Crippen molar-refractivity contribution in [1.82, 2.24) is 10.2 Å². The molecule has 0 heterocycles. The SMILES string of the molecule is CNC1CCC(N(C)C(=O)Nc2ccccc2Cl)CC1. The van der Waals surface area contributed by atoms with E-state index in [-0.39, 0.29) is 6.03 Å². The molecule has 0 radical (unpaired) electrons. The number of para-hydroxylation sites is 1. The number of hydrogen-bond acceptors (Lipinski definition) is 2. The average Bonchev–Trinajstić information content (AvgIpc) is 2.49. The molecule has 1 saturated carbocycles. The summed E-state index contributed by atoms with van der Waals surface area (Å²) < 4.78 is 0. The number of benzene rings is 1. The van der Waals surface area contributed by atoms with E-state index in [4.69, 9.17) is 11.6 Å². The molecule has 1 fully saturated rings. The van der Waals surface area contributed by atoms with Crippen LogP contribution in [0.2, 0.25) is 5.02 Å². The van der Waals surface area contributed by atoms with Gasteiger partial charge in [-0.25, -0.2) is 4.79 Å². The minimum absolute atomic E-state index is 0.0917. The van der Waals surface area contributed by atoms with Crippen molar-refractivity contribution in [3.05, 3.63) is 29.3 Å². The molecule has 2 N–H and O–H groups in total. The lowest BCUT2D eigenvalue weighted by atomic mass is 9.90. The highest BCUT2D eigenvalue weighted by molar-refractivity contribution is 6.33. The summed E-state index contributed by atoms with van der Waals surface area (Å²) in [5, 5.41) is 6.74. The van der Waals surface area contributed by atoms with Gasteiger partial charge in [-0.05, 0) is 44.9 Å². The summed E-state index contributed by atoms with van der Waals surface area (Å²) in [5.74, 6) is 0. The van der Waals surface area contributed by atoms with Crippen LogP contribution in [-0.4, -0.2) is 37.1 Å². The molecule has 4 nitrogen and oxygen atoms in total. The van der Waals surface area contributed by atoms with Gasteiger partial charge in [0, 0.05) is 19.1 Å². The van der Waals surface area contributed by atoms with Crippen LogP contribution >= 0.6 is 11.6 Å². The van der Waals surface area contributed by atoms with Crippen LogP contribution in [0.3, 0.4) is 0 Å². The van der Waals surface area contributed by atoms with Gasteiger partial charge >= 0.3 is 6.03 Å². The Hall–Kier alpha value is -1.26. The minimum atomic E-state index is -0.0917. The van der Waals surface area contributed by atoms with E-state index < -0.39 is 0 Å². The van der Waals surface area contributed by atoms with Crippen molar-refractivity contribution in [2.24, 2.45) is 0 Å². The van der Waals surface area contributed by atoms with Crippen molar-refractivity contribution < 1.29 is 4.79 Å². The van der Waals surface area contributed by atoms with E-state index in [0.29, 0.717) is 22.8 Å². The molecule has 20 heavy (non-hydrogen) atoms. The van der Waals surface area contributed by atoms with Crippen molar-refractivity contribution in [3.63, 3.8) is 0 Å². The third-order valence-electron chi connectivity index (χ3n) is 4.09. The van der Waals surface area contributed by atoms with E-state index in [1.165, 1.54) is 0 Å². The van der Waals surface area contributed by atoms with E-state index in [0.717, 1.165) is 25.7 Å². The summed E-state index contributed by atoms with van der Waals surface area (Å²) >= 11 is 6.06. The lowest BCUT2D eigenvalue weighted by Crippen LogP contribution is -2.44. The molecule has 110 valence electrons. The zero-order valence-electron chi connectivity index (χ0n) is 12.0. The number of nitrogens with zero attached hydrogens (tertiary/aromatic N) is 1. The zero-order chi connectivity index (χ0) is 14.5. The van der Waals surface area contributed by atoms with Gasteiger partial charge in [0.15, 0.2) is 0 Å². The predicted octanol–water partition coefficient (Wildman–Crippen LogP) is 3.33. The van der Waals surface area contributed by atoms with Crippen LogP contribution in [0, 0.1) is 0 Å². The fourth-order valence-electron chi connectivity index (χ4n) is 2.68. The van der Waals surface area contributed by atoms with E-state index >= 15 is 0 Å². The Kier molecular flexibility index (Phi) is 5.26. The van der Waals surface area contributed by atoms with Gasteiger partial charge in [0.2, 0.25) is 0 Å².